The minimum Gasteiger partial charge on any atom is -0.484 e. The number of ketones is 1. The number of amides is 1. The quantitative estimate of drug-likeness (QED) is 0.598. The van der Waals surface area contributed by atoms with E-state index in [1.807, 2.05) is 18.2 Å². The molecule has 1 aromatic heterocycles. The van der Waals surface area contributed by atoms with E-state index < -0.39 is 0 Å². The van der Waals surface area contributed by atoms with Crippen LogP contribution in [0.2, 0.25) is 0 Å². The van der Waals surface area contributed by atoms with Crippen molar-refractivity contribution in [3.05, 3.63) is 54.5 Å². The summed E-state index contributed by atoms with van der Waals surface area (Å²) in [5.74, 6) is 0.385. The van der Waals surface area contributed by atoms with Crippen LogP contribution in [0.5, 0.6) is 5.75 Å². The van der Waals surface area contributed by atoms with Gasteiger partial charge in [0.1, 0.15) is 5.75 Å². The van der Waals surface area contributed by atoms with Crippen molar-refractivity contribution in [3.8, 4) is 5.75 Å². The molecule has 0 fully saturated rings. The summed E-state index contributed by atoms with van der Waals surface area (Å²) in [6.07, 6.45) is 1.49. The van der Waals surface area contributed by atoms with Crippen molar-refractivity contribution in [3.63, 3.8) is 0 Å². The summed E-state index contributed by atoms with van der Waals surface area (Å²) >= 11 is 5.08. The van der Waals surface area contributed by atoms with Crippen LogP contribution in [-0.4, -0.2) is 29.7 Å². The first-order chi connectivity index (χ1) is 10.6. The van der Waals surface area contributed by atoms with Gasteiger partial charge in [0.15, 0.2) is 12.4 Å². The molecule has 0 atom stereocenters. The monoisotopic (exact) mass is 317 g/mol. The van der Waals surface area contributed by atoms with E-state index in [2.05, 4.69) is 5.32 Å². The number of ether oxygens (including phenoxy) is 1. The van der Waals surface area contributed by atoms with Gasteiger partial charge in [0.2, 0.25) is 5.78 Å². The first-order valence-electron chi connectivity index (χ1n) is 6.68. The average Bonchev–Trinajstić information content (AvgIpc) is 3.06. The lowest BCUT2D eigenvalue weighted by molar-refractivity contribution is -0.122. The number of carbonyl (C=O) groups is 2. The van der Waals surface area contributed by atoms with E-state index in [9.17, 15) is 9.59 Å². The number of nitrogens with one attached hydrogen (secondary N) is 1. The summed E-state index contributed by atoms with van der Waals surface area (Å²) < 4.78 is 10.3. The van der Waals surface area contributed by atoms with Gasteiger partial charge in [-0.1, -0.05) is 30.4 Å². The maximum absolute atomic E-state index is 11.8. The van der Waals surface area contributed by atoms with Crippen molar-refractivity contribution in [2.24, 2.45) is 0 Å². The van der Waals surface area contributed by atoms with Gasteiger partial charge in [-0.2, -0.15) is 0 Å². The summed E-state index contributed by atoms with van der Waals surface area (Å²) in [5, 5.41) is 2.62. The lowest BCUT2D eigenvalue weighted by Crippen LogP contribution is -2.33. The fourth-order valence-corrected chi connectivity index (χ4v) is 1.88. The highest BCUT2D eigenvalue weighted by molar-refractivity contribution is 7.80. The number of hydrogen-bond acceptors (Lipinski definition) is 5. The fraction of sp³-hybridized carbons (Fsp3) is 0.188. The molecule has 0 bridgehead atoms. The van der Waals surface area contributed by atoms with Crippen LogP contribution in [0.25, 0.3) is 0 Å². The molecule has 5 nitrogen and oxygen atoms in total. The van der Waals surface area contributed by atoms with Gasteiger partial charge in [0.05, 0.1) is 6.26 Å². The molecule has 1 aromatic carbocycles. The van der Waals surface area contributed by atoms with Gasteiger partial charge in [0.25, 0.3) is 5.91 Å². The topological polar surface area (TPSA) is 68.5 Å². The van der Waals surface area contributed by atoms with Crippen LogP contribution < -0.4 is 10.1 Å². The first-order valence-corrected chi connectivity index (χ1v) is 7.09. The number of furan rings is 1. The lowest BCUT2D eigenvalue weighted by Gasteiger charge is -2.07. The Hall–Kier alpha value is -2.47. The van der Waals surface area contributed by atoms with Crippen molar-refractivity contribution in [1.29, 1.82) is 0 Å². The van der Waals surface area contributed by atoms with Crippen LogP contribution in [0.4, 0.5) is 0 Å². The number of hydrogen-bond donors (Lipinski definition) is 1. The fourth-order valence-electron chi connectivity index (χ4n) is 1.68. The molecular weight excluding hydrogens is 302 g/mol. The molecule has 0 saturated carbocycles. The third-order valence-electron chi connectivity index (χ3n) is 2.75. The Labute approximate surface area is 133 Å². The Kier molecular flexibility index (Phi) is 5.85. The minimum absolute atomic E-state index is 0.0582. The summed E-state index contributed by atoms with van der Waals surface area (Å²) in [5.41, 5.74) is 0. The minimum atomic E-state index is -0.295. The molecule has 22 heavy (non-hydrogen) atoms. The summed E-state index contributed by atoms with van der Waals surface area (Å²) in [7, 11) is 0. The molecule has 0 aliphatic carbocycles. The van der Waals surface area contributed by atoms with E-state index in [0.717, 1.165) is 0 Å². The Morgan fingerprint density at radius 2 is 1.91 bits per heavy atom. The molecule has 1 amide bonds. The van der Waals surface area contributed by atoms with Crippen LogP contribution in [0, 0.1) is 0 Å². The SMILES string of the molecule is O=C(COc1ccccc1)NCC(=S)CC(=O)c1ccco1. The van der Waals surface area contributed by atoms with Crippen LogP contribution in [0.15, 0.2) is 53.1 Å². The molecule has 114 valence electrons. The van der Waals surface area contributed by atoms with Gasteiger partial charge in [-0.15, -0.1) is 0 Å². The Bertz CT molecular complexity index is 637. The third-order valence-corrected chi connectivity index (χ3v) is 3.04. The van der Waals surface area contributed by atoms with E-state index in [1.165, 1.54) is 6.26 Å². The maximum Gasteiger partial charge on any atom is 0.258 e. The van der Waals surface area contributed by atoms with E-state index in [1.54, 1.807) is 24.3 Å². The normalized spacial score (nSPS) is 10.0. The number of rotatable bonds is 8. The third kappa shape index (κ3) is 5.14. The van der Waals surface area contributed by atoms with Gasteiger partial charge in [-0.05, 0) is 24.3 Å². The smallest absolute Gasteiger partial charge is 0.258 e. The summed E-state index contributed by atoms with van der Waals surface area (Å²) in [6.45, 7) is 0.0531. The molecule has 2 aromatic rings. The molecule has 6 heteroatoms. The van der Waals surface area contributed by atoms with E-state index in [-0.39, 0.29) is 37.0 Å². The second-order valence-electron chi connectivity index (χ2n) is 4.49. The van der Waals surface area contributed by atoms with Gasteiger partial charge in [-0.25, -0.2) is 0 Å². The second-order valence-corrected chi connectivity index (χ2v) is 5.07. The first kappa shape index (κ1) is 15.9. The maximum atomic E-state index is 11.8. The molecular formula is C16H15NO4S. The standard InChI is InChI=1S/C16H15NO4S/c18-14(15-7-4-8-20-15)9-13(22)10-17-16(19)11-21-12-5-2-1-3-6-12/h1-8H,9-11H2,(H,17,19). The summed E-state index contributed by atoms with van der Waals surface area (Å²) in [4.78, 5) is 23.8. The van der Waals surface area contributed by atoms with Crippen LogP contribution in [0.1, 0.15) is 17.0 Å². The van der Waals surface area contributed by atoms with Crippen LogP contribution in [-0.2, 0) is 4.79 Å². The highest BCUT2D eigenvalue weighted by Gasteiger charge is 2.12. The van der Waals surface area contributed by atoms with Gasteiger partial charge < -0.3 is 14.5 Å². The molecule has 1 heterocycles. The van der Waals surface area contributed by atoms with Crippen LogP contribution in [0.3, 0.4) is 0 Å². The Morgan fingerprint density at radius 3 is 2.59 bits per heavy atom. The van der Waals surface area contributed by atoms with Crippen LogP contribution >= 0.6 is 12.2 Å². The zero-order valence-electron chi connectivity index (χ0n) is 11.8. The van der Waals surface area contributed by atoms with E-state index in [4.69, 9.17) is 21.4 Å². The Balaban J connectivity index is 1.67. The van der Waals surface area contributed by atoms with Crippen molar-refractivity contribution < 1.29 is 18.7 Å². The number of para-hydroxylation sites is 1. The molecule has 0 aliphatic rings. The number of benzene rings is 1. The van der Waals surface area contributed by atoms with Gasteiger partial charge in [0, 0.05) is 17.8 Å². The second kappa shape index (κ2) is 8.09. The molecule has 0 unspecified atom stereocenters. The number of Topliss-reactive ketones (excluding diaryl/α,β-unsaturated/α-hetero) is 1. The molecule has 1 N–H and O–H groups in total. The highest BCUT2D eigenvalue weighted by Crippen LogP contribution is 2.07. The van der Waals surface area contributed by atoms with Crippen molar-refractivity contribution in [1.82, 2.24) is 5.32 Å². The van der Waals surface area contributed by atoms with Crippen molar-refractivity contribution in [2.75, 3.05) is 13.2 Å². The van der Waals surface area contributed by atoms with E-state index >= 15 is 0 Å². The zero-order chi connectivity index (χ0) is 15.8. The highest BCUT2D eigenvalue weighted by atomic mass is 32.1. The molecule has 0 saturated heterocycles. The lowest BCUT2D eigenvalue weighted by atomic mass is 10.2. The molecule has 0 aliphatic heterocycles. The van der Waals surface area contributed by atoms with E-state index in [0.29, 0.717) is 10.6 Å². The van der Waals surface area contributed by atoms with Crippen molar-refractivity contribution in [2.45, 2.75) is 6.42 Å². The van der Waals surface area contributed by atoms with Gasteiger partial charge in [-0.3, -0.25) is 9.59 Å². The zero-order valence-corrected chi connectivity index (χ0v) is 12.6. The largest absolute Gasteiger partial charge is 0.484 e. The average molecular weight is 317 g/mol. The molecule has 0 radical (unpaired) electrons. The van der Waals surface area contributed by atoms with Crippen molar-refractivity contribution >= 4 is 28.8 Å². The number of carbonyl (C=O) groups excluding carboxylic acids is 2. The predicted molar refractivity (Wildman–Crippen MR) is 85.2 cm³/mol. The molecule has 2 rings (SSSR count). The summed E-state index contributed by atoms with van der Waals surface area (Å²) in [6, 6.07) is 12.3. The number of thiocarbonyl (C=S) groups is 1. The Morgan fingerprint density at radius 1 is 1.14 bits per heavy atom. The predicted octanol–water partition coefficient (Wildman–Crippen LogP) is 2.42. The van der Waals surface area contributed by atoms with Gasteiger partial charge >= 0.3 is 0 Å². The molecule has 0 spiro atoms.